The van der Waals surface area contributed by atoms with E-state index in [4.69, 9.17) is 4.74 Å². The fraction of sp³-hybridized carbons (Fsp3) is 0.333. The van der Waals surface area contributed by atoms with Crippen LogP contribution in [-0.4, -0.2) is 57.0 Å². The van der Waals surface area contributed by atoms with Crippen LogP contribution in [0.1, 0.15) is 0 Å². The molecular weight excluding hydrogens is 346 g/mol. The van der Waals surface area contributed by atoms with Crippen molar-refractivity contribution < 1.29 is 9.53 Å². The molecule has 4 rings (SSSR count). The van der Waals surface area contributed by atoms with Crippen molar-refractivity contribution in [2.75, 3.05) is 36.5 Å². The van der Waals surface area contributed by atoms with Gasteiger partial charge in [-0.3, -0.25) is 9.48 Å². The molecule has 1 N–H and O–H groups in total. The highest BCUT2D eigenvalue weighted by Gasteiger charge is 2.12. The number of rotatable bonds is 5. The van der Waals surface area contributed by atoms with Crippen LogP contribution in [0.4, 0.5) is 11.5 Å². The summed E-state index contributed by atoms with van der Waals surface area (Å²) in [6.45, 7) is 3.48. The van der Waals surface area contributed by atoms with E-state index in [9.17, 15) is 4.79 Å². The number of aromatic nitrogens is 5. The molecule has 1 aliphatic heterocycles. The first kappa shape index (κ1) is 17.2. The summed E-state index contributed by atoms with van der Waals surface area (Å²) in [5, 5.41) is 14.9. The van der Waals surface area contributed by atoms with Gasteiger partial charge in [-0.05, 0) is 17.7 Å². The molecule has 1 aliphatic rings. The minimum absolute atomic E-state index is 0.114. The molecule has 0 radical (unpaired) electrons. The van der Waals surface area contributed by atoms with Crippen molar-refractivity contribution in [2.24, 2.45) is 7.05 Å². The third-order valence-corrected chi connectivity index (χ3v) is 4.38. The van der Waals surface area contributed by atoms with Gasteiger partial charge in [-0.15, -0.1) is 5.10 Å². The average Bonchev–Trinajstić information content (AvgIpc) is 3.31. The molecule has 0 bridgehead atoms. The molecule has 3 heterocycles. The number of ether oxygens (including phenoxy) is 1. The summed E-state index contributed by atoms with van der Waals surface area (Å²) in [5.74, 6) is 0.224. The number of hydrogen-bond donors (Lipinski definition) is 1. The number of benzene rings is 1. The third-order valence-electron chi connectivity index (χ3n) is 4.38. The molecule has 1 aromatic carbocycles. The Bertz CT molecular complexity index is 910. The van der Waals surface area contributed by atoms with E-state index in [1.54, 1.807) is 17.9 Å². The van der Waals surface area contributed by atoms with Crippen LogP contribution in [0, 0.1) is 0 Å². The summed E-state index contributed by atoms with van der Waals surface area (Å²) in [7, 11) is 1.69. The average molecular weight is 367 g/mol. The molecular formula is C18H21N7O2. The van der Waals surface area contributed by atoms with E-state index >= 15 is 0 Å². The highest BCUT2D eigenvalue weighted by Crippen LogP contribution is 2.23. The molecule has 1 fully saturated rings. The van der Waals surface area contributed by atoms with Gasteiger partial charge >= 0.3 is 0 Å². The summed E-state index contributed by atoms with van der Waals surface area (Å²) >= 11 is 0. The fourth-order valence-corrected chi connectivity index (χ4v) is 3.02. The Labute approximate surface area is 156 Å². The Balaban J connectivity index is 1.39. The van der Waals surface area contributed by atoms with Gasteiger partial charge < -0.3 is 15.0 Å². The lowest BCUT2D eigenvalue weighted by Gasteiger charge is -2.28. The minimum Gasteiger partial charge on any atom is -0.378 e. The molecule has 0 aliphatic carbocycles. The predicted octanol–water partition coefficient (Wildman–Crippen LogP) is 1.15. The van der Waals surface area contributed by atoms with Gasteiger partial charge in [0.05, 0.1) is 25.6 Å². The van der Waals surface area contributed by atoms with Crippen molar-refractivity contribution in [1.29, 1.82) is 0 Å². The molecule has 1 amide bonds. The van der Waals surface area contributed by atoms with Gasteiger partial charge in [-0.1, -0.05) is 12.1 Å². The molecule has 9 heteroatoms. The van der Waals surface area contributed by atoms with Crippen molar-refractivity contribution >= 4 is 17.4 Å². The van der Waals surface area contributed by atoms with Crippen LogP contribution < -0.4 is 10.2 Å². The maximum atomic E-state index is 12.1. The lowest BCUT2D eigenvalue weighted by atomic mass is 10.1. The van der Waals surface area contributed by atoms with E-state index in [1.165, 1.54) is 16.7 Å². The quantitative estimate of drug-likeness (QED) is 0.728. The maximum absolute atomic E-state index is 12.1. The highest BCUT2D eigenvalue weighted by atomic mass is 16.5. The van der Waals surface area contributed by atoms with Crippen LogP contribution >= 0.6 is 0 Å². The number of carbonyl (C=O) groups excluding carboxylic acids is 1. The van der Waals surface area contributed by atoms with Crippen LogP contribution in [0.25, 0.3) is 11.1 Å². The molecule has 0 spiro atoms. The largest absolute Gasteiger partial charge is 0.378 e. The molecule has 3 aromatic rings. The van der Waals surface area contributed by atoms with Gasteiger partial charge in [-0.25, -0.2) is 0 Å². The summed E-state index contributed by atoms with van der Waals surface area (Å²) in [6, 6.07) is 8.37. The topological polar surface area (TPSA) is 90.1 Å². The number of aryl methyl sites for hydroxylation is 1. The van der Waals surface area contributed by atoms with E-state index in [1.807, 2.05) is 6.20 Å². The predicted molar refractivity (Wildman–Crippen MR) is 100 cm³/mol. The summed E-state index contributed by atoms with van der Waals surface area (Å²) in [4.78, 5) is 15.8. The number of nitrogens with one attached hydrogen (secondary N) is 1. The van der Waals surface area contributed by atoms with Gasteiger partial charge in [-0.2, -0.15) is 15.0 Å². The van der Waals surface area contributed by atoms with Gasteiger partial charge in [0.1, 0.15) is 6.54 Å². The number of carbonyl (C=O) groups is 1. The molecule has 1 saturated heterocycles. The van der Waals surface area contributed by atoms with Crippen LogP contribution in [0.15, 0.2) is 42.9 Å². The van der Waals surface area contributed by atoms with Crippen molar-refractivity contribution in [3.63, 3.8) is 0 Å². The normalized spacial score (nSPS) is 14.3. The monoisotopic (exact) mass is 367 g/mol. The van der Waals surface area contributed by atoms with Crippen LogP contribution in [0.3, 0.4) is 0 Å². The highest BCUT2D eigenvalue weighted by molar-refractivity contribution is 5.89. The summed E-state index contributed by atoms with van der Waals surface area (Å²) < 4.78 is 7.00. The zero-order valence-corrected chi connectivity index (χ0v) is 15.1. The standard InChI is InChI=1S/C18H21N7O2/c1-23-19-11-17(22-23)21-18(26)13-25-12-15(10-20-25)14-2-4-16(5-3-14)24-6-8-27-9-7-24/h2-5,10-12H,6-9,13H2,1H3,(H,21,22,26). The smallest absolute Gasteiger partial charge is 0.247 e. The first-order chi connectivity index (χ1) is 13.2. The maximum Gasteiger partial charge on any atom is 0.247 e. The second-order valence-electron chi connectivity index (χ2n) is 6.34. The van der Waals surface area contributed by atoms with E-state index in [2.05, 4.69) is 49.8 Å². The molecule has 27 heavy (non-hydrogen) atoms. The van der Waals surface area contributed by atoms with E-state index < -0.39 is 0 Å². The second kappa shape index (κ2) is 7.58. The van der Waals surface area contributed by atoms with Crippen LogP contribution in [0.2, 0.25) is 0 Å². The Morgan fingerprint density at radius 3 is 2.59 bits per heavy atom. The Kier molecular flexibility index (Phi) is 4.84. The van der Waals surface area contributed by atoms with Crippen molar-refractivity contribution in [3.05, 3.63) is 42.9 Å². The number of amides is 1. The summed E-state index contributed by atoms with van der Waals surface area (Å²) in [6.07, 6.45) is 5.13. The van der Waals surface area contributed by atoms with Gasteiger partial charge in [0.25, 0.3) is 0 Å². The van der Waals surface area contributed by atoms with Gasteiger partial charge in [0.2, 0.25) is 5.91 Å². The van der Waals surface area contributed by atoms with Crippen molar-refractivity contribution in [1.82, 2.24) is 24.8 Å². The first-order valence-electron chi connectivity index (χ1n) is 8.79. The SMILES string of the molecule is Cn1ncc(NC(=O)Cn2cc(-c3ccc(N4CCOCC4)cc3)cn2)n1. The number of hydrogen-bond acceptors (Lipinski definition) is 6. The fourth-order valence-electron chi connectivity index (χ4n) is 3.02. The third kappa shape index (κ3) is 4.14. The summed E-state index contributed by atoms with van der Waals surface area (Å²) in [5.41, 5.74) is 3.22. The van der Waals surface area contributed by atoms with Gasteiger partial charge in [0.15, 0.2) is 5.82 Å². The molecule has 2 aromatic heterocycles. The minimum atomic E-state index is -0.201. The van der Waals surface area contributed by atoms with Crippen LogP contribution in [-0.2, 0) is 23.1 Å². The Hall–Kier alpha value is -3.20. The number of morpholine rings is 1. The van der Waals surface area contributed by atoms with E-state index in [-0.39, 0.29) is 12.5 Å². The van der Waals surface area contributed by atoms with Crippen molar-refractivity contribution in [3.8, 4) is 11.1 Å². The first-order valence-corrected chi connectivity index (χ1v) is 8.79. The second-order valence-corrected chi connectivity index (χ2v) is 6.34. The molecule has 0 atom stereocenters. The molecule has 9 nitrogen and oxygen atoms in total. The molecule has 140 valence electrons. The van der Waals surface area contributed by atoms with Crippen LogP contribution in [0.5, 0.6) is 0 Å². The Morgan fingerprint density at radius 2 is 1.89 bits per heavy atom. The zero-order valence-electron chi connectivity index (χ0n) is 15.1. The molecule has 0 unspecified atom stereocenters. The van der Waals surface area contributed by atoms with Gasteiger partial charge in [0, 0.05) is 37.6 Å². The lowest BCUT2D eigenvalue weighted by molar-refractivity contribution is -0.116. The number of nitrogens with zero attached hydrogens (tertiary/aromatic N) is 6. The Morgan fingerprint density at radius 1 is 1.11 bits per heavy atom. The molecule has 0 saturated carbocycles. The van der Waals surface area contributed by atoms with E-state index in [0.717, 1.165) is 37.4 Å². The lowest BCUT2D eigenvalue weighted by Crippen LogP contribution is -2.36. The zero-order chi connectivity index (χ0) is 18.6. The van der Waals surface area contributed by atoms with E-state index in [0.29, 0.717) is 5.82 Å². The van der Waals surface area contributed by atoms with Crippen molar-refractivity contribution in [2.45, 2.75) is 6.54 Å². The number of anilines is 2.